The van der Waals surface area contributed by atoms with Crippen LogP contribution in [-0.2, 0) is 6.54 Å². The van der Waals surface area contributed by atoms with E-state index >= 15 is 0 Å². The highest BCUT2D eigenvalue weighted by Crippen LogP contribution is 2.22. The maximum Gasteiger partial charge on any atom is 0.336 e. The van der Waals surface area contributed by atoms with Crippen LogP contribution >= 0.6 is 0 Å². The van der Waals surface area contributed by atoms with Crippen LogP contribution in [0, 0.1) is 0 Å². The Balaban J connectivity index is 2.37. The summed E-state index contributed by atoms with van der Waals surface area (Å²) >= 11 is 0. The van der Waals surface area contributed by atoms with Crippen LogP contribution in [0.4, 0.5) is 0 Å². The number of aromatic carboxylic acids is 1. The van der Waals surface area contributed by atoms with E-state index in [0.29, 0.717) is 17.9 Å². The van der Waals surface area contributed by atoms with Crippen molar-refractivity contribution in [2.24, 2.45) is 0 Å². The molecule has 0 saturated heterocycles. The molecule has 1 aromatic carbocycles. The summed E-state index contributed by atoms with van der Waals surface area (Å²) < 4.78 is 5.09. The summed E-state index contributed by atoms with van der Waals surface area (Å²) in [6, 6.07) is 6.55. The lowest BCUT2D eigenvalue weighted by Crippen LogP contribution is -2.11. The van der Waals surface area contributed by atoms with Crippen molar-refractivity contribution in [1.82, 2.24) is 15.0 Å². The van der Waals surface area contributed by atoms with Crippen LogP contribution in [-0.4, -0.2) is 40.2 Å². The Morgan fingerprint density at radius 2 is 2.11 bits per heavy atom. The van der Waals surface area contributed by atoms with Crippen molar-refractivity contribution in [3.05, 3.63) is 35.7 Å². The Morgan fingerprint density at radius 3 is 2.78 bits per heavy atom. The largest absolute Gasteiger partial charge is 0.478 e. The van der Waals surface area contributed by atoms with Crippen LogP contribution in [0.15, 0.2) is 28.8 Å². The highest BCUT2D eigenvalue weighted by molar-refractivity contribution is 5.94. The van der Waals surface area contributed by atoms with E-state index in [-0.39, 0.29) is 11.5 Å². The first-order valence-electron chi connectivity index (χ1n) is 5.38. The van der Waals surface area contributed by atoms with Crippen LogP contribution in [0.3, 0.4) is 0 Å². The normalized spacial score (nSPS) is 10.8. The summed E-state index contributed by atoms with van der Waals surface area (Å²) in [5, 5.41) is 12.9. The molecule has 0 atom stereocenters. The summed E-state index contributed by atoms with van der Waals surface area (Å²) in [7, 11) is 3.78. The predicted octanol–water partition coefficient (Wildman–Crippen LogP) is 1.50. The third-order valence-corrected chi connectivity index (χ3v) is 2.31. The van der Waals surface area contributed by atoms with Crippen molar-refractivity contribution in [2.45, 2.75) is 6.54 Å². The average molecular weight is 247 g/mol. The first-order chi connectivity index (χ1) is 8.58. The maximum atomic E-state index is 11.1. The number of hydrogen-bond acceptors (Lipinski definition) is 5. The third-order valence-electron chi connectivity index (χ3n) is 2.31. The van der Waals surface area contributed by atoms with Crippen molar-refractivity contribution >= 4 is 5.97 Å². The van der Waals surface area contributed by atoms with Crippen molar-refractivity contribution < 1.29 is 14.4 Å². The fraction of sp³-hybridized carbons (Fsp3) is 0.250. The Morgan fingerprint density at radius 1 is 1.39 bits per heavy atom. The minimum Gasteiger partial charge on any atom is -0.478 e. The molecule has 0 amide bonds. The molecule has 0 bridgehead atoms. The fourth-order valence-electron chi connectivity index (χ4n) is 1.57. The second-order valence-electron chi connectivity index (χ2n) is 4.10. The Labute approximate surface area is 104 Å². The van der Waals surface area contributed by atoms with Gasteiger partial charge in [0.25, 0.3) is 5.89 Å². The zero-order valence-corrected chi connectivity index (χ0v) is 10.1. The summed E-state index contributed by atoms with van der Waals surface area (Å²) in [5.74, 6) is -0.266. The Hall–Kier alpha value is -2.21. The first kappa shape index (κ1) is 12.3. The van der Waals surface area contributed by atoms with E-state index < -0.39 is 5.97 Å². The van der Waals surface area contributed by atoms with Gasteiger partial charge in [0.1, 0.15) is 0 Å². The van der Waals surface area contributed by atoms with Gasteiger partial charge < -0.3 is 14.5 Å². The zero-order chi connectivity index (χ0) is 13.1. The van der Waals surface area contributed by atoms with E-state index in [9.17, 15) is 4.79 Å². The van der Waals surface area contributed by atoms with Crippen LogP contribution in [0.5, 0.6) is 0 Å². The first-order valence-corrected chi connectivity index (χ1v) is 5.38. The molecule has 0 aliphatic rings. The van der Waals surface area contributed by atoms with Gasteiger partial charge in [-0.25, -0.2) is 4.79 Å². The topological polar surface area (TPSA) is 79.5 Å². The minimum atomic E-state index is -1.02. The van der Waals surface area contributed by atoms with Gasteiger partial charge in [-0.3, -0.25) is 0 Å². The molecule has 2 aromatic rings. The third kappa shape index (κ3) is 2.54. The van der Waals surface area contributed by atoms with Gasteiger partial charge in [-0.2, -0.15) is 4.98 Å². The molecule has 6 heteroatoms. The molecule has 1 N–H and O–H groups in total. The van der Waals surface area contributed by atoms with Gasteiger partial charge in [0.2, 0.25) is 0 Å². The van der Waals surface area contributed by atoms with E-state index in [1.54, 1.807) is 18.2 Å². The molecule has 94 valence electrons. The lowest BCUT2D eigenvalue weighted by Gasteiger charge is -2.03. The van der Waals surface area contributed by atoms with Crippen molar-refractivity contribution in [3.63, 3.8) is 0 Å². The van der Waals surface area contributed by atoms with E-state index in [1.165, 1.54) is 6.07 Å². The molecule has 0 radical (unpaired) electrons. The second kappa shape index (κ2) is 4.97. The molecule has 0 aliphatic carbocycles. The standard InChI is InChI=1S/C12H13N3O3/c1-15(2)7-10-13-11(18-14-10)8-5-3-4-6-9(8)12(16)17/h3-6H,7H2,1-2H3,(H,16,17). The molecule has 1 aromatic heterocycles. The lowest BCUT2D eigenvalue weighted by molar-refractivity contribution is 0.0697. The van der Waals surface area contributed by atoms with Crippen molar-refractivity contribution in [2.75, 3.05) is 14.1 Å². The molecule has 0 unspecified atom stereocenters. The number of nitrogens with zero attached hydrogens (tertiary/aromatic N) is 3. The fourth-order valence-corrected chi connectivity index (χ4v) is 1.57. The van der Waals surface area contributed by atoms with Gasteiger partial charge in [-0.1, -0.05) is 17.3 Å². The van der Waals surface area contributed by atoms with E-state index in [1.807, 2.05) is 19.0 Å². The molecule has 1 heterocycles. The van der Waals surface area contributed by atoms with Crippen LogP contribution in [0.1, 0.15) is 16.2 Å². The predicted molar refractivity (Wildman–Crippen MR) is 64.1 cm³/mol. The number of aromatic nitrogens is 2. The minimum absolute atomic E-state index is 0.151. The average Bonchev–Trinajstić information content (AvgIpc) is 2.76. The number of hydrogen-bond donors (Lipinski definition) is 1. The Kier molecular flexibility index (Phi) is 3.38. The molecule has 0 fully saturated rings. The van der Waals surface area contributed by atoms with Gasteiger partial charge in [0.05, 0.1) is 17.7 Å². The highest BCUT2D eigenvalue weighted by atomic mass is 16.5. The number of benzene rings is 1. The van der Waals surface area contributed by atoms with Gasteiger partial charge in [-0.15, -0.1) is 0 Å². The Bertz CT molecular complexity index is 563. The number of carboxylic acid groups (broad SMARTS) is 1. The zero-order valence-electron chi connectivity index (χ0n) is 10.1. The quantitative estimate of drug-likeness (QED) is 0.881. The molecular formula is C12H13N3O3. The highest BCUT2D eigenvalue weighted by Gasteiger charge is 2.16. The second-order valence-corrected chi connectivity index (χ2v) is 4.10. The summed E-state index contributed by atoms with van der Waals surface area (Å²) in [6.45, 7) is 0.540. The SMILES string of the molecule is CN(C)Cc1noc(-c2ccccc2C(=O)O)n1. The molecule has 0 aliphatic heterocycles. The van der Waals surface area contributed by atoms with Crippen LogP contribution < -0.4 is 0 Å². The number of rotatable bonds is 4. The van der Waals surface area contributed by atoms with E-state index in [2.05, 4.69) is 10.1 Å². The smallest absolute Gasteiger partial charge is 0.336 e. The summed E-state index contributed by atoms with van der Waals surface area (Å²) in [5.41, 5.74) is 0.583. The van der Waals surface area contributed by atoms with Gasteiger partial charge in [-0.05, 0) is 26.2 Å². The molecule has 0 spiro atoms. The number of carboxylic acids is 1. The molecule has 6 nitrogen and oxygen atoms in total. The number of carbonyl (C=O) groups is 1. The molecular weight excluding hydrogens is 234 g/mol. The van der Waals surface area contributed by atoms with E-state index in [4.69, 9.17) is 9.63 Å². The maximum absolute atomic E-state index is 11.1. The van der Waals surface area contributed by atoms with Crippen molar-refractivity contribution in [3.8, 4) is 11.5 Å². The van der Waals surface area contributed by atoms with Crippen molar-refractivity contribution in [1.29, 1.82) is 0 Å². The van der Waals surface area contributed by atoms with Gasteiger partial charge in [0.15, 0.2) is 5.82 Å². The van der Waals surface area contributed by atoms with Gasteiger partial charge in [0, 0.05) is 0 Å². The monoisotopic (exact) mass is 247 g/mol. The molecule has 18 heavy (non-hydrogen) atoms. The summed E-state index contributed by atoms with van der Waals surface area (Å²) in [6.07, 6.45) is 0. The van der Waals surface area contributed by atoms with Gasteiger partial charge >= 0.3 is 5.97 Å². The molecule has 0 saturated carbocycles. The summed E-state index contributed by atoms with van der Waals surface area (Å²) in [4.78, 5) is 17.2. The lowest BCUT2D eigenvalue weighted by atomic mass is 10.1. The molecule has 2 rings (SSSR count). The van der Waals surface area contributed by atoms with Crippen LogP contribution in [0.25, 0.3) is 11.5 Å². The van der Waals surface area contributed by atoms with Crippen LogP contribution in [0.2, 0.25) is 0 Å². The van der Waals surface area contributed by atoms with E-state index in [0.717, 1.165) is 0 Å².